The predicted octanol–water partition coefficient (Wildman–Crippen LogP) is 4.55. The van der Waals surface area contributed by atoms with E-state index in [1.165, 1.54) is 21.9 Å². The van der Waals surface area contributed by atoms with Crippen molar-refractivity contribution in [3.63, 3.8) is 0 Å². The monoisotopic (exact) mass is 376 g/mol. The van der Waals surface area contributed by atoms with E-state index in [0.29, 0.717) is 21.3 Å². The molecule has 2 heterocycles. The summed E-state index contributed by atoms with van der Waals surface area (Å²) in [4.78, 5) is 0.485. The van der Waals surface area contributed by atoms with Gasteiger partial charge in [-0.15, -0.1) is 10.2 Å². The zero-order chi connectivity index (χ0) is 18.3. The predicted molar refractivity (Wildman–Crippen MR) is 91.1 cm³/mol. The van der Waals surface area contributed by atoms with Gasteiger partial charge in [0.15, 0.2) is 10.8 Å². The number of fused-ring (bicyclic) bond motifs is 1. The SMILES string of the molecule is COc1ccccc1-c1nn2c(-c3cccc(C(F)(F)F)c3)nnc2s1. The number of ether oxygens (including phenoxy) is 1. The molecule has 4 aromatic rings. The maximum atomic E-state index is 13.0. The Hall–Kier alpha value is -2.94. The fourth-order valence-corrected chi connectivity index (χ4v) is 3.43. The molecule has 26 heavy (non-hydrogen) atoms. The van der Waals surface area contributed by atoms with Gasteiger partial charge in [0.1, 0.15) is 5.75 Å². The first kappa shape index (κ1) is 16.5. The van der Waals surface area contributed by atoms with Crippen LogP contribution in [0.4, 0.5) is 13.2 Å². The third-order valence-electron chi connectivity index (χ3n) is 3.78. The number of benzene rings is 2. The van der Waals surface area contributed by atoms with Crippen LogP contribution in [-0.2, 0) is 6.18 Å². The van der Waals surface area contributed by atoms with Crippen LogP contribution in [0.1, 0.15) is 5.56 Å². The highest BCUT2D eigenvalue weighted by Gasteiger charge is 2.31. The van der Waals surface area contributed by atoms with Crippen molar-refractivity contribution >= 4 is 16.3 Å². The van der Waals surface area contributed by atoms with Crippen LogP contribution in [0, 0.1) is 0 Å². The smallest absolute Gasteiger partial charge is 0.416 e. The van der Waals surface area contributed by atoms with E-state index in [0.717, 1.165) is 17.7 Å². The highest BCUT2D eigenvalue weighted by molar-refractivity contribution is 7.19. The summed E-state index contributed by atoms with van der Waals surface area (Å²) in [5.41, 5.74) is 0.330. The van der Waals surface area contributed by atoms with E-state index in [4.69, 9.17) is 4.74 Å². The fourth-order valence-electron chi connectivity index (χ4n) is 2.56. The number of aromatic nitrogens is 4. The minimum atomic E-state index is -4.43. The molecule has 0 aliphatic heterocycles. The molecule has 9 heteroatoms. The number of hydrogen-bond donors (Lipinski definition) is 0. The van der Waals surface area contributed by atoms with Crippen LogP contribution in [-0.4, -0.2) is 26.9 Å². The number of rotatable bonds is 3. The fraction of sp³-hybridized carbons (Fsp3) is 0.118. The van der Waals surface area contributed by atoms with Crippen molar-refractivity contribution < 1.29 is 17.9 Å². The van der Waals surface area contributed by atoms with E-state index in [9.17, 15) is 13.2 Å². The largest absolute Gasteiger partial charge is 0.496 e. The molecule has 0 aliphatic carbocycles. The molecule has 0 spiro atoms. The standard InChI is InChI=1S/C17H11F3N4OS/c1-25-13-8-3-2-7-12(13)15-23-24-14(21-22-16(24)26-15)10-5-4-6-11(9-10)17(18,19)20/h2-9H,1H3. The van der Waals surface area contributed by atoms with Gasteiger partial charge in [0, 0.05) is 5.56 Å². The molecule has 2 aromatic carbocycles. The first-order valence-electron chi connectivity index (χ1n) is 7.50. The van der Waals surface area contributed by atoms with Crippen LogP contribution in [0.15, 0.2) is 48.5 Å². The number of nitrogens with zero attached hydrogens (tertiary/aromatic N) is 4. The highest BCUT2D eigenvalue weighted by atomic mass is 32.1. The Morgan fingerprint density at radius 3 is 2.62 bits per heavy atom. The van der Waals surface area contributed by atoms with Crippen LogP contribution in [0.5, 0.6) is 5.75 Å². The molecule has 0 N–H and O–H groups in total. The number of para-hydroxylation sites is 1. The van der Waals surface area contributed by atoms with Crippen molar-refractivity contribution in [3.05, 3.63) is 54.1 Å². The summed E-state index contributed by atoms with van der Waals surface area (Å²) in [5.74, 6) is 0.904. The molecular formula is C17H11F3N4OS. The van der Waals surface area contributed by atoms with Crippen molar-refractivity contribution in [2.75, 3.05) is 7.11 Å². The number of alkyl halides is 3. The summed E-state index contributed by atoms with van der Waals surface area (Å²) >= 11 is 1.28. The Labute approximate surface area is 149 Å². The van der Waals surface area contributed by atoms with E-state index < -0.39 is 11.7 Å². The van der Waals surface area contributed by atoms with E-state index in [-0.39, 0.29) is 5.82 Å². The number of halogens is 3. The Bertz CT molecular complexity index is 1090. The lowest BCUT2D eigenvalue weighted by Gasteiger charge is -2.07. The molecule has 0 atom stereocenters. The zero-order valence-electron chi connectivity index (χ0n) is 13.4. The third kappa shape index (κ3) is 2.80. The quantitative estimate of drug-likeness (QED) is 0.527. The average molecular weight is 376 g/mol. The molecule has 0 unspecified atom stereocenters. The maximum Gasteiger partial charge on any atom is 0.416 e. The normalized spacial score (nSPS) is 11.8. The molecule has 0 bridgehead atoms. The van der Waals surface area contributed by atoms with Gasteiger partial charge in [-0.25, -0.2) is 0 Å². The molecule has 0 radical (unpaired) electrons. The van der Waals surface area contributed by atoms with Gasteiger partial charge in [-0.05, 0) is 24.3 Å². The molecule has 0 saturated carbocycles. The molecular weight excluding hydrogens is 365 g/mol. The van der Waals surface area contributed by atoms with Gasteiger partial charge in [0.2, 0.25) is 4.96 Å². The van der Waals surface area contributed by atoms with Crippen LogP contribution in [0.3, 0.4) is 0 Å². The van der Waals surface area contributed by atoms with Crippen molar-refractivity contribution in [1.29, 1.82) is 0 Å². The Morgan fingerprint density at radius 2 is 1.85 bits per heavy atom. The van der Waals surface area contributed by atoms with Crippen molar-refractivity contribution in [2.24, 2.45) is 0 Å². The van der Waals surface area contributed by atoms with Crippen LogP contribution in [0.2, 0.25) is 0 Å². The number of methoxy groups -OCH3 is 1. The first-order chi connectivity index (χ1) is 12.5. The Balaban J connectivity index is 1.83. The van der Waals surface area contributed by atoms with Crippen LogP contribution >= 0.6 is 11.3 Å². The second-order valence-corrected chi connectivity index (χ2v) is 6.36. The van der Waals surface area contributed by atoms with Crippen LogP contribution in [0.25, 0.3) is 26.9 Å². The summed E-state index contributed by atoms with van der Waals surface area (Å²) in [6.45, 7) is 0. The first-order valence-corrected chi connectivity index (χ1v) is 8.32. The lowest BCUT2D eigenvalue weighted by Crippen LogP contribution is -2.05. The molecule has 0 aliphatic rings. The molecule has 2 aromatic heterocycles. The lowest BCUT2D eigenvalue weighted by molar-refractivity contribution is -0.137. The average Bonchev–Trinajstić information content (AvgIpc) is 3.21. The van der Waals surface area contributed by atoms with Crippen molar-refractivity contribution in [2.45, 2.75) is 6.18 Å². The summed E-state index contributed by atoms with van der Waals surface area (Å²) in [6, 6.07) is 12.3. The van der Waals surface area contributed by atoms with Crippen molar-refractivity contribution in [3.8, 4) is 27.7 Å². The minimum Gasteiger partial charge on any atom is -0.496 e. The topological polar surface area (TPSA) is 52.3 Å². The van der Waals surface area contributed by atoms with Gasteiger partial charge in [-0.2, -0.15) is 22.8 Å². The van der Waals surface area contributed by atoms with Gasteiger partial charge < -0.3 is 4.74 Å². The van der Waals surface area contributed by atoms with Gasteiger partial charge >= 0.3 is 6.18 Å². The Kier molecular flexibility index (Phi) is 3.87. The second kappa shape index (κ2) is 6.10. The maximum absolute atomic E-state index is 13.0. The summed E-state index contributed by atoms with van der Waals surface area (Å²) in [6.07, 6.45) is -4.43. The van der Waals surface area contributed by atoms with Gasteiger partial charge in [0.25, 0.3) is 0 Å². The van der Waals surface area contributed by atoms with Gasteiger partial charge in [0.05, 0.1) is 18.2 Å². The molecule has 4 rings (SSSR count). The van der Waals surface area contributed by atoms with Gasteiger partial charge in [-0.1, -0.05) is 35.6 Å². The van der Waals surface area contributed by atoms with Crippen LogP contribution < -0.4 is 4.74 Å². The summed E-state index contributed by atoms with van der Waals surface area (Å²) < 4.78 is 45.7. The van der Waals surface area contributed by atoms with Gasteiger partial charge in [-0.3, -0.25) is 0 Å². The summed E-state index contributed by atoms with van der Waals surface area (Å²) in [7, 11) is 1.56. The second-order valence-electron chi connectivity index (χ2n) is 5.40. The molecule has 5 nitrogen and oxygen atoms in total. The molecule has 0 saturated heterocycles. The van der Waals surface area contributed by atoms with E-state index in [2.05, 4.69) is 15.3 Å². The van der Waals surface area contributed by atoms with E-state index >= 15 is 0 Å². The van der Waals surface area contributed by atoms with Crippen molar-refractivity contribution in [1.82, 2.24) is 19.8 Å². The Morgan fingerprint density at radius 1 is 1.04 bits per heavy atom. The lowest BCUT2D eigenvalue weighted by atomic mass is 10.1. The third-order valence-corrected chi connectivity index (χ3v) is 4.71. The zero-order valence-corrected chi connectivity index (χ0v) is 14.2. The molecule has 0 amide bonds. The molecule has 132 valence electrons. The highest BCUT2D eigenvalue weighted by Crippen LogP contribution is 2.35. The minimum absolute atomic E-state index is 0.253. The summed E-state index contributed by atoms with van der Waals surface area (Å²) in [5, 5.41) is 13.1. The van der Waals surface area contributed by atoms with E-state index in [1.807, 2.05) is 24.3 Å². The van der Waals surface area contributed by atoms with E-state index in [1.54, 1.807) is 13.2 Å². The number of hydrogen-bond acceptors (Lipinski definition) is 5. The molecule has 0 fully saturated rings.